The molecule has 12 heteroatoms. The van der Waals surface area contributed by atoms with Crippen molar-refractivity contribution in [1.29, 1.82) is 0 Å². The average molecular weight is 519 g/mol. The van der Waals surface area contributed by atoms with Crippen LogP contribution in [0.3, 0.4) is 0 Å². The summed E-state index contributed by atoms with van der Waals surface area (Å²) in [6, 6.07) is 13.9. The highest BCUT2D eigenvalue weighted by atomic mass is 35.5. The fourth-order valence-corrected chi connectivity index (χ4v) is 3.64. The van der Waals surface area contributed by atoms with Gasteiger partial charge in [-0.2, -0.15) is 0 Å². The maximum absolute atomic E-state index is 12.9. The summed E-state index contributed by atoms with van der Waals surface area (Å²) in [6.07, 6.45) is -3.43. The molecule has 3 aromatic rings. The monoisotopic (exact) mass is 518 g/mol. The minimum absolute atomic E-state index is 0.0241. The summed E-state index contributed by atoms with van der Waals surface area (Å²) in [6.45, 7) is 0.0547. The molecule has 0 spiro atoms. The third-order valence-electron chi connectivity index (χ3n) is 5.16. The Labute approximate surface area is 208 Å². The van der Waals surface area contributed by atoms with Crippen LogP contribution in [-0.2, 0) is 17.9 Å². The van der Waals surface area contributed by atoms with Gasteiger partial charge in [0.1, 0.15) is 18.0 Å². The van der Waals surface area contributed by atoms with Crippen molar-refractivity contribution in [3.05, 3.63) is 88.7 Å². The summed E-state index contributed by atoms with van der Waals surface area (Å²) < 4.78 is 40.9. The highest BCUT2D eigenvalue weighted by Gasteiger charge is 2.37. The maximum Gasteiger partial charge on any atom is 0.573 e. The zero-order valence-electron chi connectivity index (χ0n) is 18.5. The molecule has 0 aliphatic carbocycles. The Morgan fingerprint density at radius 2 is 1.72 bits per heavy atom. The lowest BCUT2D eigenvalue weighted by molar-refractivity contribution is -0.274. The van der Waals surface area contributed by atoms with Crippen LogP contribution in [0.5, 0.6) is 5.75 Å². The zero-order valence-corrected chi connectivity index (χ0v) is 19.2. The normalized spacial score (nSPS) is 13.8. The van der Waals surface area contributed by atoms with Crippen molar-refractivity contribution in [1.82, 2.24) is 15.2 Å². The Balaban J connectivity index is 1.39. The first-order valence-electron chi connectivity index (χ1n) is 10.5. The van der Waals surface area contributed by atoms with Gasteiger partial charge < -0.3 is 15.0 Å². The molecule has 36 heavy (non-hydrogen) atoms. The minimum atomic E-state index is -4.85. The average Bonchev–Trinajstić information content (AvgIpc) is 3.11. The van der Waals surface area contributed by atoms with Crippen LogP contribution < -0.4 is 15.0 Å². The highest BCUT2D eigenvalue weighted by molar-refractivity contribution is 6.30. The van der Waals surface area contributed by atoms with E-state index in [1.807, 2.05) is 0 Å². The third-order valence-corrected chi connectivity index (χ3v) is 5.41. The number of urea groups is 1. The van der Waals surface area contributed by atoms with Gasteiger partial charge >= 0.3 is 12.4 Å². The van der Waals surface area contributed by atoms with Crippen LogP contribution in [0.4, 0.5) is 23.7 Å². The third kappa shape index (κ3) is 6.11. The summed E-state index contributed by atoms with van der Waals surface area (Å²) in [5.74, 6) is -1.43. The molecule has 4 amide bonds. The van der Waals surface area contributed by atoms with Gasteiger partial charge in [-0.25, -0.2) is 9.69 Å². The molecule has 0 radical (unpaired) electrons. The number of hydrogen-bond acceptors (Lipinski definition) is 5. The van der Waals surface area contributed by atoms with Gasteiger partial charge in [0.15, 0.2) is 0 Å². The van der Waals surface area contributed by atoms with Gasteiger partial charge in [-0.1, -0.05) is 23.7 Å². The first kappa shape index (κ1) is 25.0. The van der Waals surface area contributed by atoms with E-state index in [1.165, 1.54) is 29.3 Å². The van der Waals surface area contributed by atoms with E-state index in [4.69, 9.17) is 11.6 Å². The largest absolute Gasteiger partial charge is 0.573 e. The quantitative estimate of drug-likeness (QED) is 0.464. The second kappa shape index (κ2) is 10.2. The second-order valence-corrected chi connectivity index (χ2v) is 8.20. The highest BCUT2D eigenvalue weighted by Crippen LogP contribution is 2.28. The van der Waals surface area contributed by atoms with E-state index in [0.717, 1.165) is 22.6 Å². The standard InChI is InChI=1S/C24H18ClF3N4O4/c25-17-3-1-15(2-4-17)12-30-22(34)20-11-16(9-10-29-20)13-31-14-21(33)32(23(31)35)18-5-7-19(8-6-18)36-24(26,27)28/h1-11H,12-14H2,(H,30,34). The van der Waals surface area contributed by atoms with Gasteiger partial charge in [0, 0.05) is 24.3 Å². The minimum Gasteiger partial charge on any atom is -0.406 e. The van der Waals surface area contributed by atoms with E-state index in [-0.39, 0.29) is 31.0 Å². The van der Waals surface area contributed by atoms with Crippen LogP contribution in [0.15, 0.2) is 66.9 Å². The Morgan fingerprint density at radius 3 is 2.39 bits per heavy atom. The number of pyridine rings is 1. The van der Waals surface area contributed by atoms with Crippen molar-refractivity contribution in [3.8, 4) is 5.75 Å². The summed E-state index contributed by atoms with van der Waals surface area (Å²) in [4.78, 5) is 44.0. The lowest BCUT2D eigenvalue weighted by Gasteiger charge is -2.18. The first-order chi connectivity index (χ1) is 17.1. The number of rotatable bonds is 7. The fourth-order valence-electron chi connectivity index (χ4n) is 3.52. The molecule has 2 aromatic carbocycles. The second-order valence-electron chi connectivity index (χ2n) is 7.77. The molecule has 1 aromatic heterocycles. The van der Waals surface area contributed by atoms with Crippen molar-refractivity contribution in [2.75, 3.05) is 11.4 Å². The van der Waals surface area contributed by atoms with Crippen LogP contribution in [-0.4, -0.2) is 40.6 Å². The van der Waals surface area contributed by atoms with Gasteiger partial charge in [0.25, 0.3) is 11.8 Å². The molecule has 0 unspecified atom stereocenters. The van der Waals surface area contributed by atoms with Crippen molar-refractivity contribution in [2.45, 2.75) is 19.5 Å². The Bertz CT molecular complexity index is 1280. The SMILES string of the molecule is O=C(NCc1ccc(Cl)cc1)c1cc(CN2CC(=O)N(c3ccc(OC(F)(F)F)cc3)C2=O)ccn1. The van der Waals surface area contributed by atoms with E-state index in [9.17, 15) is 27.6 Å². The van der Waals surface area contributed by atoms with Crippen molar-refractivity contribution in [3.63, 3.8) is 0 Å². The number of carbonyl (C=O) groups is 3. The summed E-state index contributed by atoms with van der Waals surface area (Å²) in [5, 5.41) is 3.33. The number of hydrogen-bond donors (Lipinski definition) is 1. The predicted molar refractivity (Wildman–Crippen MR) is 123 cm³/mol. The number of benzene rings is 2. The number of halogens is 4. The molecule has 1 aliphatic rings. The van der Waals surface area contributed by atoms with Gasteiger partial charge in [-0.3, -0.25) is 14.6 Å². The molecule has 186 valence electrons. The number of anilines is 1. The van der Waals surface area contributed by atoms with Crippen LogP contribution >= 0.6 is 11.6 Å². The van der Waals surface area contributed by atoms with Crippen LogP contribution in [0.1, 0.15) is 21.6 Å². The molecular weight excluding hydrogens is 501 g/mol. The maximum atomic E-state index is 12.9. The molecule has 0 bridgehead atoms. The van der Waals surface area contributed by atoms with Gasteiger partial charge in [-0.15, -0.1) is 13.2 Å². The molecule has 1 aliphatic heterocycles. The van der Waals surface area contributed by atoms with E-state index in [1.54, 1.807) is 30.3 Å². The zero-order chi connectivity index (χ0) is 25.9. The van der Waals surface area contributed by atoms with Crippen molar-refractivity contribution in [2.24, 2.45) is 0 Å². The van der Waals surface area contributed by atoms with E-state index in [0.29, 0.717) is 10.6 Å². The molecule has 1 fully saturated rings. The molecule has 8 nitrogen and oxygen atoms in total. The van der Waals surface area contributed by atoms with Crippen molar-refractivity contribution >= 4 is 35.1 Å². The lowest BCUT2D eigenvalue weighted by atomic mass is 10.2. The molecule has 0 saturated carbocycles. The Kier molecular flexibility index (Phi) is 7.11. The van der Waals surface area contributed by atoms with Gasteiger partial charge in [0.05, 0.1) is 5.69 Å². The van der Waals surface area contributed by atoms with Crippen molar-refractivity contribution < 1.29 is 32.3 Å². The molecular formula is C24H18ClF3N4O4. The number of carbonyl (C=O) groups excluding carboxylic acids is 3. The summed E-state index contributed by atoms with van der Waals surface area (Å²) in [5.41, 5.74) is 1.66. The number of amides is 4. The van der Waals surface area contributed by atoms with E-state index in [2.05, 4.69) is 15.0 Å². The van der Waals surface area contributed by atoms with Crippen LogP contribution in [0, 0.1) is 0 Å². The topological polar surface area (TPSA) is 91.8 Å². The molecule has 1 saturated heterocycles. The molecule has 4 rings (SSSR count). The van der Waals surface area contributed by atoms with E-state index >= 15 is 0 Å². The summed E-state index contributed by atoms with van der Waals surface area (Å²) >= 11 is 5.86. The lowest BCUT2D eigenvalue weighted by Crippen LogP contribution is -2.32. The molecule has 1 N–H and O–H groups in total. The first-order valence-corrected chi connectivity index (χ1v) is 10.9. The van der Waals surface area contributed by atoms with Gasteiger partial charge in [-0.05, 0) is 59.7 Å². The fraction of sp³-hybridized carbons (Fsp3) is 0.167. The van der Waals surface area contributed by atoms with Crippen LogP contribution in [0.25, 0.3) is 0 Å². The van der Waals surface area contributed by atoms with E-state index < -0.39 is 30.0 Å². The van der Waals surface area contributed by atoms with Gasteiger partial charge in [0.2, 0.25) is 0 Å². The number of ether oxygens (including phenoxy) is 1. The number of alkyl halides is 3. The predicted octanol–water partition coefficient (Wildman–Crippen LogP) is 4.53. The number of imide groups is 1. The Morgan fingerprint density at radius 1 is 1.03 bits per heavy atom. The summed E-state index contributed by atoms with van der Waals surface area (Å²) in [7, 11) is 0. The Hall–Kier alpha value is -4.12. The molecule has 0 atom stereocenters. The number of nitrogens with zero attached hydrogens (tertiary/aromatic N) is 3. The van der Waals surface area contributed by atoms with Crippen LogP contribution in [0.2, 0.25) is 5.02 Å². The molecule has 2 heterocycles. The number of nitrogens with one attached hydrogen (secondary N) is 1. The smallest absolute Gasteiger partial charge is 0.406 e. The number of aromatic nitrogens is 1.